The summed E-state index contributed by atoms with van der Waals surface area (Å²) in [5.41, 5.74) is 5.31. The smallest absolute Gasteiger partial charge is 0.0622 e. The second-order valence-electron chi connectivity index (χ2n) is 4.85. The first kappa shape index (κ1) is 8.81. The monoisotopic (exact) mass is 211 g/mol. The van der Waals surface area contributed by atoms with Crippen molar-refractivity contribution in [3.8, 4) is 0 Å². The van der Waals surface area contributed by atoms with Crippen LogP contribution in [-0.4, -0.2) is 0 Å². The van der Waals surface area contributed by atoms with Crippen LogP contribution in [0.5, 0.6) is 0 Å². The van der Waals surface area contributed by atoms with Crippen LogP contribution in [0.25, 0.3) is 5.57 Å². The molecular weight excluding hydrogens is 192 g/mol. The number of rotatable bonds is 1. The summed E-state index contributed by atoms with van der Waals surface area (Å²) in [4.78, 5) is 0. The highest BCUT2D eigenvalue weighted by Gasteiger charge is 2.28. The Hall–Kier alpha value is -1.30. The second-order valence-corrected chi connectivity index (χ2v) is 4.85. The van der Waals surface area contributed by atoms with E-state index in [1.54, 1.807) is 5.57 Å². The van der Waals surface area contributed by atoms with Crippen LogP contribution in [0, 0.1) is 5.92 Å². The van der Waals surface area contributed by atoms with E-state index in [4.69, 9.17) is 1.37 Å². The molecule has 0 heteroatoms. The molecule has 0 amide bonds. The van der Waals surface area contributed by atoms with Crippen molar-refractivity contribution in [1.29, 1.82) is 0 Å². The molecule has 82 valence electrons. The van der Waals surface area contributed by atoms with Crippen LogP contribution in [0.2, 0.25) is 0 Å². The van der Waals surface area contributed by atoms with E-state index in [9.17, 15) is 0 Å². The van der Waals surface area contributed by atoms with Crippen LogP contribution in [0.4, 0.5) is 0 Å². The molecule has 0 aliphatic heterocycles. The summed E-state index contributed by atoms with van der Waals surface area (Å²) < 4.78 is 8.35. The zero-order valence-corrected chi connectivity index (χ0v) is 9.79. The molecule has 2 aliphatic carbocycles. The Kier molecular flexibility index (Phi) is 2.17. The van der Waals surface area contributed by atoms with Gasteiger partial charge in [-0.1, -0.05) is 54.0 Å². The quantitative estimate of drug-likeness (QED) is 0.637. The van der Waals surface area contributed by atoms with Gasteiger partial charge in [-0.25, -0.2) is 0 Å². The minimum Gasteiger partial charge on any atom is -0.0622 e. The van der Waals surface area contributed by atoms with Crippen molar-refractivity contribution in [3.05, 3.63) is 53.1 Å². The highest BCUT2D eigenvalue weighted by molar-refractivity contribution is 5.76. The first-order chi connectivity index (χ1) is 8.29. The van der Waals surface area contributed by atoms with E-state index in [0.29, 0.717) is 5.92 Å². The standard InChI is InChI=1S/C16H18/c1-12-11-16(13-7-3-2-4-8-13)15-10-6-5-9-14(12)15/h2-4,7-8,11,15H,5-6,9-10H2,1H3/i11D. The van der Waals surface area contributed by atoms with Gasteiger partial charge >= 0.3 is 0 Å². The van der Waals surface area contributed by atoms with E-state index >= 15 is 0 Å². The van der Waals surface area contributed by atoms with Crippen molar-refractivity contribution in [2.75, 3.05) is 0 Å². The largest absolute Gasteiger partial charge is 0.0629 e. The van der Waals surface area contributed by atoms with Crippen molar-refractivity contribution >= 4 is 5.57 Å². The fourth-order valence-corrected chi connectivity index (χ4v) is 3.04. The topological polar surface area (TPSA) is 0 Å². The summed E-state index contributed by atoms with van der Waals surface area (Å²) in [5, 5.41) is 0. The van der Waals surface area contributed by atoms with Crippen molar-refractivity contribution in [1.82, 2.24) is 0 Å². The molecule has 2 aliphatic rings. The van der Waals surface area contributed by atoms with Gasteiger partial charge in [-0.15, -0.1) is 0 Å². The Labute approximate surface area is 99.1 Å². The molecule has 0 spiro atoms. The van der Waals surface area contributed by atoms with Gasteiger partial charge < -0.3 is 0 Å². The molecule has 0 radical (unpaired) electrons. The second kappa shape index (κ2) is 3.93. The Balaban J connectivity index is 2.07. The maximum atomic E-state index is 8.35. The average Bonchev–Trinajstić information content (AvgIpc) is 2.64. The molecule has 0 saturated heterocycles. The highest BCUT2D eigenvalue weighted by atomic mass is 14.3. The fourth-order valence-electron chi connectivity index (χ4n) is 3.04. The van der Waals surface area contributed by atoms with Crippen molar-refractivity contribution in [2.24, 2.45) is 5.92 Å². The third kappa shape index (κ3) is 1.53. The molecule has 1 saturated carbocycles. The number of allylic oxidation sites excluding steroid dienone is 4. The van der Waals surface area contributed by atoms with E-state index < -0.39 is 0 Å². The van der Waals surface area contributed by atoms with E-state index in [-0.39, 0.29) is 0 Å². The van der Waals surface area contributed by atoms with Gasteiger partial charge in [0.05, 0.1) is 1.37 Å². The molecule has 1 atom stereocenters. The van der Waals surface area contributed by atoms with Crippen molar-refractivity contribution < 1.29 is 1.37 Å². The zero-order chi connectivity index (χ0) is 11.8. The molecule has 3 rings (SSSR count). The van der Waals surface area contributed by atoms with Gasteiger partial charge in [-0.2, -0.15) is 0 Å². The molecule has 0 aromatic heterocycles. The number of hydrogen-bond donors (Lipinski definition) is 0. The molecule has 1 aromatic carbocycles. The first-order valence-electron chi connectivity index (χ1n) is 6.75. The van der Waals surface area contributed by atoms with E-state index in [2.05, 4.69) is 31.2 Å². The normalized spacial score (nSPS) is 25.8. The van der Waals surface area contributed by atoms with Crippen LogP contribution in [0.15, 0.2) is 47.5 Å². The predicted molar refractivity (Wildman–Crippen MR) is 69.1 cm³/mol. The lowest BCUT2D eigenvalue weighted by atomic mass is 9.80. The minimum atomic E-state index is 0.540. The third-order valence-electron chi connectivity index (χ3n) is 3.85. The van der Waals surface area contributed by atoms with Crippen LogP contribution < -0.4 is 0 Å². The number of hydrogen-bond acceptors (Lipinski definition) is 0. The minimum absolute atomic E-state index is 0.540. The fraction of sp³-hybridized carbons (Fsp3) is 0.375. The molecule has 0 bridgehead atoms. The van der Waals surface area contributed by atoms with E-state index in [1.165, 1.54) is 42.4 Å². The van der Waals surface area contributed by atoms with Crippen LogP contribution in [-0.2, 0) is 0 Å². The molecule has 0 nitrogen and oxygen atoms in total. The van der Waals surface area contributed by atoms with Crippen molar-refractivity contribution in [2.45, 2.75) is 32.6 Å². The first-order valence-corrected chi connectivity index (χ1v) is 6.25. The van der Waals surface area contributed by atoms with Crippen LogP contribution in [0.3, 0.4) is 0 Å². The van der Waals surface area contributed by atoms with Crippen LogP contribution >= 0.6 is 0 Å². The summed E-state index contributed by atoms with van der Waals surface area (Å²) in [5.74, 6) is 0.540. The molecule has 1 unspecified atom stereocenters. The SMILES string of the molecule is [2H]C1=C(c2ccccc2)C2CCCCC2=C1C. The summed E-state index contributed by atoms with van der Waals surface area (Å²) in [6.45, 7) is 2.13. The Morgan fingerprint density at radius 2 is 2.00 bits per heavy atom. The van der Waals surface area contributed by atoms with Gasteiger partial charge in [0.15, 0.2) is 0 Å². The third-order valence-corrected chi connectivity index (χ3v) is 3.85. The maximum Gasteiger partial charge on any atom is 0.0629 e. The maximum absolute atomic E-state index is 8.35. The molecule has 1 fully saturated rings. The van der Waals surface area contributed by atoms with Gasteiger partial charge in [0.25, 0.3) is 0 Å². The zero-order valence-electron chi connectivity index (χ0n) is 10.8. The molecule has 0 heterocycles. The highest BCUT2D eigenvalue weighted by Crippen LogP contribution is 2.45. The van der Waals surface area contributed by atoms with Gasteiger partial charge in [-0.05, 0) is 37.3 Å². The predicted octanol–water partition coefficient (Wildman–Crippen LogP) is 4.59. The Morgan fingerprint density at radius 1 is 1.19 bits per heavy atom. The Morgan fingerprint density at radius 3 is 2.81 bits per heavy atom. The van der Waals surface area contributed by atoms with Crippen LogP contribution in [0.1, 0.15) is 39.5 Å². The van der Waals surface area contributed by atoms with Gasteiger partial charge in [-0.3, -0.25) is 0 Å². The number of fused-ring (bicyclic) bond motifs is 1. The molecular formula is C16H18. The lowest BCUT2D eigenvalue weighted by molar-refractivity contribution is 0.532. The average molecular weight is 211 g/mol. The summed E-state index contributed by atoms with van der Waals surface area (Å²) >= 11 is 0. The summed E-state index contributed by atoms with van der Waals surface area (Å²) in [6, 6.07) is 11.3. The van der Waals surface area contributed by atoms with Crippen molar-refractivity contribution in [3.63, 3.8) is 0 Å². The Bertz CT molecular complexity index is 494. The molecule has 16 heavy (non-hydrogen) atoms. The lowest BCUT2D eigenvalue weighted by Crippen LogP contribution is -2.09. The van der Waals surface area contributed by atoms with Gasteiger partial charge in [0, 0.05) is 5.92 Å². The summed E-state index contributed by atoms with van der Waals surface area (Å²) in [6.07, 6.45) is 5.05. The molecule has 0 N–H and O–H groups in total. The summed E-state index contributed by atoms with van der Waals surface area (Å²) in [7, 11) is 0. The van der Waals surface area contributed by atoms with Gasteiger partial charge in [0.1, 0.15) is 0 Å². The lowest BCUT2D eigenvalue weighted by Gasteiger charge is -2.24. The van der Waals surface area contributed by atoms with E-state index in [1.807, 2.05) is 6.07 Å². The van der Waals surface area contributed by atoms with Gasteiger partial charge in [0.2, 0.25) is 0 Å². The number of benzene rings is 1. The van der Waals surface area contributed by atoms with E-state index in [0.717, 1.165) is 6.05 Å². The molecule has 1 aromatic rings.